The van der Waals surface area contributed by atoms with E-state index in [1.807, 2.05) is 54.6 Å². The van der Waals surface area contributed by atoms with Crippen molar-refractivity contribution in [3.63, 3.8) is 0 Å². The Kier molecular flexibility index (Phi) is 3.28. The van der Waals surface area contributed by atoms with E-state index in [1.54, 1.807) is 0 Å². The molecule has 0 fully saturated rings. The second-order valence-corrected chi connectivity index (χ2v) is 5.30. The lowest BCUT2D eigenvalue weighted by molar-refractivity contribution is 0.307. The van der Waals surface area contributed by atoms with Crippen molar-refractivity contribution in [2.75, 3.05) is 6.61 Å². The summed E-state index contributed by atoms with van der Waals surface area (Å²) < 4.78 is 12.0. The molecular weight excluding hydrogens is 272 g/mol. The van der Waals surface area contributed by atoms with Crippen LogP contribution in [0.15, 0.2) is 78.6 Å². The van der Waals surface area contributed by atoms with E-state index in [2.05, 4.69) is 18.2 Å². The van der Waals surface area contributed by atoms with E-state index in [0.717, 1.165) is 34.6 Å². The minimum Gasteiger partial charge on any atom is -0.489 e. The van der Waals surface area contributed by atoms with Crippen molar-refractivity contribution < 1.29 is 9.47 Å². The Bertz CT molecular complexity index is 829. The third kappa shape index (κ3) is 2.33. The van der Waals surface area contributed by atoms with Crippen LogP contribution in [0.2, 0.25) is 0 Å². The number of rotatable bonds is 3. The van der Waals surface area contributed by atoms with Crippen molar-refractivity contribution in [3.05, 3.63) is 84.1 Å². The van der Waals surface area contributed by atoms with Gasteiger partial charge in [0.15, 0.2) is 5.76 Å². The largest absolute Gasteiger partial charge is 0.489 e. The first-order chi connectivity index (χ1) is 10.9. The number of ether oxygens (including phenoxy) is 2. The Morgan fingerprint density at radius 2 is 1.55 bits per heavy atom. The predicted octanol–water partition coefficient (Wildman–Crippen LogP) is 5.01. The fraction of sp³-hybridized carbons (Fsp3) is 0.100. The second kappa shape index (κ2) is 5.57. The van der Waals surface area contributed by atoms with Crippen LogP contribution in [0.4, 0.5) is 0 Å². The average Bonchev–Trinajstić information content (AvgIpc) is 3.04. The minimum atomic E-state index is 0.671. The molecule has 0 saturated heterocycles. The van der Waals surface area contributed by atoms with Gasteiger partial charge in [-0.15, -0.1) is 0 Å². The highest BCUT2D eigenvalue weighted by Crippen LogP contribution is 2.33. The zero-order valence-corrected chi connectivity index (χ0v) is 12.2. The molecule has 0 radical (unpaired) electrons. The standard InChI is InChI=1S/C20H16O2/c1-2-8-16(9-3-1)20-19(13-14-21-20)22-18-12-6-10-15-7-4-5-11-17(15)18/h1-12H,13-14H2. The van der Waals surface area contributed by atoms with Crippen molar-refractivity contribution >= 4 is 16.5 Å². The van der Waals surface area contributed by atoms with Gasteiger partial charge in [0, 0.05) is 17.4 Å². The number of hydrogen-bond donors (Lipinski definition) is 0. The maximum Gasteiger partial charge on any atom is 0.164 e. The molecule has 1 aliphatic heterocycles. The first kappa shape index (κ1) is 13.0. The monoisotopic (exact) mass is 288 g/mol. The fourth-order valence-electron chi connectivity index (χ4n) is 2.79. The summed E-state index contributed by atoms with van der Waals surface area (Å²) in [5, 5.41) is 2.30. The normalized spacial score (nSPS) is 14.2. The molecule has 2 nitrogen and oxygen atoms in total. The van der Waals surface area contributed by atoms with Gasteiger partial charge in [-0.3, -0.25) is 0 Å². The van der Waals surface area contributed by atoms with Gasteiger partial charge in [-0.2, -0.15) is 0 Å². The van der Waals surface area contributed by atoms with Gasteiger partial charge in [-0.05, 0) is 11.5 Å². The molecule has 3 aromatic rings. The fourth-order valence-corrected chi connectivity index (χ4v) is 2.79. The van der Waals surface area contributed by atoms with E-state index < -0.39 is 0 Å². The third-order valence-electron chi connectivity index (χ3n) is 3.85. The summed E-state index contributed by atoms with van der Waals surface area (Å²) in [6, 6.07) is 24.5. The number of fused-ring (bicyclic) bond motifs is 1. The van der Waals surface area contributed by atoms with Crippen molar-refractivity contribution in [2.24, 2.45) is 0 Å². The van der Waals surface area contributed by atoms with E-state index in [-0.39, 0.29) is 0 Å². The Morgan fingerprint density at radius 3 is 2.45 bits per heavy atom. The summed E-state index contributed by atoms with van der Waals surface area (Å²) in [6.45, 7) is 0.671. The number of hydrogen-bond acceptors (Lipinski definition) is 2. The summed E-state index contributed by atoms with van der Waals surface area (Å²) in [5.74, 6) is 2.64. The zero-order valence-electron chi connectivity index (χ0n) is 12.2. The van der Waals surface area contributed by atoms with Gasteiger partial charge in [0.25, 0.3) is 0 Å². The topological polar surface area (TPSA) is 18.5 Å². The van der Waals surface area contributed by atoms with Crippen LogP contribution in [0.1, 0.15) is 12.0 Å². The lowest BCUT2D eigenvalue weighted by Crippen LogP contribution is -1.96. The summed E-state index contributed by atoms with van der Waals surface area (Å²) in [5.41, 5.74) is 1.07. The maximum atomic E-state index is 6.21. The van der Waals surface area contributed by atoms with E-state index >= 15 is 0 Å². The van der Waals surface area contributed by atoms with Gasteiger partial charge in [0.05, 0.1) is 6.61 Å². The van der Waals surface area contributed by atoms with Crippen LogP contribution in [0.25, 0.3) is 16.5 Å². The highest BCUT2D eigenvalue weighted by atomic mass is 16.5. The molecule has 4 rings (SSSR count). The molecule has 0 unspecified atom stereocenters. The summed E-state index contributed by atoms with van der Waals surface area (Å²) in [7, 11) is 0. The lowest BCUT2D eigenvalue weighted by Gasteiger charge is -2.11. The molecule has 1 aliphatic rings. The molecule has 3 aromatic carbocycles. The van der Waals surface area contributed by atoms with Gasteiger partial charge in [0.1, 0.15) is 11.5 Å². The third-order valence-corrected chi connectivity index (χ3v) is 3.85. The van der Waals surface area contributed by atoms with Crippen LogP contribution in [0, 0.1) is 0 Å². The summed E-state index contributed by atoms with van der Waals surface area (Å²) in [4.78, 5) is 0. The molecule has 0 spiro atoms. The SMILES string of the molecule is c1ccc(C2=C(Oc3cccc4ccccc34)CCO2)cc1. The molecule has 1 heterocycles. The molecule has 0 atom stereocenters. The molecule has 22 heavy (non-hydrogen) atoms. The van der Waals surface area contributed by atoms with E-state index in [0.29, 0.717) is 6.61 Å². The van der Waals surface area contributed by atoms with Crippen LogP contribution in [0.3, 0.4) is 0 Å². The van der Waals surface area contributed by atoms with Crippen molar-refractivity contribution in [1.82, 2.24) is 0 Å². The van der Waals surface area contributed by atoms with Gasteiger partial charge in [0.2, 0.25) is 0 Å². The smallest absolute Gasteiger partial charge is 0.164 e. The highest BCUT2D eigenvalue weighted by molar-refractivity contribution is 5.88. The van der Waals surface area contributed by atoms with Crippen molar-refractivity contribution in [3.8, 4) is 5.75 Å². The Balaban J connectivity index is 1.75. The van der Waals surface area contributed by atoms with Crippen LogP contribution in [-0.2, 0) is 4.74 Å². The van der Waals surface area contributed by atoms with Crippen molar-refractivity contribution in [1.29, 1.82) is 0 Å². The molecule has 108 valence electrons. The van der Waals surface area contributed by atoms with E-state index in [1.165, 1.54) is 5.39 Å². The Labute approximate surface area is 129 Å². The second-order valence-electron chi connectivity index (χ2n) is 5.30. The molecule has 0 N–H and O–H groups in total. The van der Waals surface area contributed by atoms with E-state index in [4.69, 9.17) is 9.47 Å². The van der Waals surface area contributed by atoms with Gasteiger partial charge in [-0.1, -0.05) is 66.7 Å². The first-order valence-electron chi connectivity index (χ1n) is 7.49. The molecule has 2 heteroatoms. The lowest BCUT2D eigenvalue weighted by atomic mass is 10.1. The van der Waals surface area contributed by atoms with Crippen LogP contribution < -0.4 is 4.74 Å². The first-order valence-corrected chi connectivity index (χ1v) is 7.49. The molecular formula is C20H16O2. The predicted molar refractivity (Wildman–Crippen MR) is 88.5 cm³/mol. The molecule has 0 aromatic heterocycles. The maximum absolute atomic E-state index is 6.21. The summed E-state index contributed by atoms with van der Waals surface area (Å²) >= 11 is 0. The molecule has 0 amide bonds. The Hall–Kier alpha value is -2.74. The molecule has 0 bridgehead atoms. The van der Waals surface area contributed by atoms with E-state index in [9.17, 15) is 0 Å². The number of benzene rings is 3. The minimum absolute atomic E-state index is 0.671. The molecule has 0 saturated carbocycles. The van der Waals surface area contributed by atoms with Crippen molar-refractivity contribution in [2.45, 2.75) is 6.42 Å². The van der Waals surface area contributed by atoms with Crippen LogP contribution in [-0.4, -0.2) is 6.61 Å². The van der Waals surface area contributed by atoms with Crippen LogP contribution >= 0.6 is 0 Å². The quantitative estimate of drug-likeness (QED) is 0.674. The Morgan fingerprint density at radius 1 is 0.773 bits per heavy atom. The molecule has 0 aliphatic carbocycles. The summed E-state index contributed by atoms with van der Waals surface area (Å²) in [6.07, 6.45) is 0.799. The zero-order chi connectivity index (χ0) is 14.8. The highest BCUT2D eigenvalue weighted by Gasteiger charge is 2.20. The van der Waals surface area contributed by atoms with Gasteiger partial charge < -0.3 is 9.47 Å². The average molecular weight is 288 g/mol. The van der Waals surface area contributed by atoms with Gasteiger partial charge >= 0.3 is 0 Å². The van der Waals surface area contributed by atoms with Crippen LogP contribution in [0.5, 0.6) is 5.75 Å². The van der Waals surface area contributed by atoms with Gasteiger partial charge in [-0.25, -0.2) is 0 Å².